The molecule has 0 fully saturated rings. The summed E-state index contributed by atoms with van der Waals surface area (Å²) in [6, 6.07) is 9.56. The van der Waals surface area contributed by atoms with Gasteiger partial charge in [-0.1, -0.05) is 29.3 Å². The molecule has 2 N–H and O–H groups in total. The summed E-state index contributed by atoms with van der Waals surface area (Å²) in [4.78, 5) is 4.67. The number of benzene rings is 1. The normalized spacial score (nSPS) is 11.2. The van der Waals surface area contributed by atoms with Crippen LogP contribution in [0.2, 0.25) is 10.0 Å². The topological polar surface area (TPSA) is 43.3 Å². The van der Waals surface area contributed by atoms with Gasteiger partial charge in [0.25, 0.3) is 0 Å². The van der Waals surface area contributed by atoms with Crippen molar-refractivity contribution in [1.29, 1.82) is 0 Å². The van der Waals surface area contributed by atoms with E-state index in [9.17, 15) is 0 Å². The van der Waals surface area contributed by atoms with Gasteiger partial charge in [0.2, 0.25) is 0 Å². The number of rotatable bonds is 3. The number of nitrogens with two attached hydrogens (primary N) is 1. The second-order valence-electron chi connectivity index (χ2n) is 5.00. The summed E-state index contributed by atoms with van der Waals surface area (Å²) >= 11 is 12.4. The zero-order chi connectivity index (χ0) is 15.0. The second-order valence-corrected chi connectivity index (χ2v) is 5.85. The molecule has 0 atom stereocenters. The van der Waals surface area contributed by atoms with Crippen molar-refractivity contribution in [1.82, 2.24) is 9.38 Å². The maximum Gasteiger partial charge on any atom is 0.137 e. The summed E-state index contributed by atoms with van der Waals surface area (Å²) in [5.41, 5.74) is 10.6. The maximum absolute atomic E-state index is 6.38. The van der Waals surface area contributed by atoms with Gasteiger partial charge in [-0.2, -0.15) is 0 Å². The summed E-state index contributed by atoms with van der Waals surface area (Å²) in [6.45, 7) is 2.59. The monoisotopic (exact) mass is 319 g/mol. The molecule has 0 bridgehead atoms. The molecule has 0 aliphatic rings. The molecular weight excluding hydrogens is 305 g/mol. The molecular formula is C16H15Cl2N3. The molecule has 2 aromatic heterocycles. The van der Waals surface area contributed by atoms with E-state index in [2.05, 4.69) is 22.5 Å². The molecule has 5 heteroatoms. The fraction of sp³-hybridized carbons (Fsp3) is 0.188. The van der Waals surface area contributed by atoms with Crippen molar-refractivity contribution in [2.24, 2.45) is 5.73 Å². The Bertz CT molecular complexity index is 809. The van der Waals surface area contributed by atoms with Gasteiger partial charge in [0, 0.05) is 23.2 Å². The molecule has 3 rings (SSSR count). The molecule has 1 aromatic carbocycles. The van der Waals surface area contributed by atoms with E-state index in [1.807, 2.05) is 24.3 Å². The minimum Gasteiger partial charge on any atom is -0.330 e. The van der Waals surface area contributed by atoms with Crippen LogP contribution in [0.3, 0.4) is 0 Å². The average molecular weight is 320 g/mol. The van der Waals surface area contributed by atoms with E-state index in [0.29, 0.717) is 23.0 Å². The van der Waals surface area contributed by atoms with Gasteiger partial charge in [-0.15, -0.1) is 0 Å². The Kier molecular flexibility index (Phi) is 3.89. The molecule has 0 saturated carbocycles. The van der Waals surface area contributed by atoms with Gasteiger partial charge in [-0.05, 0) is 43.3 Å². The van der Waals surface area contributed by atoms with Crippen LogP contribution < -0.4 is 5.73 Å². The van der Waals surface area contributed by atoms with Crippen LogP contribution in [0, 0.1) is 6.92 Å². The first-order valence-corrected chi connectivity index (χ1v) is 7.49. The van der Waals surface area contributed by atoms with Gasteiger partial charge in [-0.25, -0.2) is 4.98 Å². The van der Waals surface area contributed by atoms with Crippen LogP contribution in [0.25, 0.3) is 16.9 Å². The van der Waals surface area contributed by atoms with Crippen molar-refractivity contribution < 1.29 is 0 Å². The van der Waals surface area contributed by atoms with Crippen LogP contribution in [-0.2, 0) is 6.42 Å². The zero-order valence-corrected chi connectivity index (χ0v) is 13.1. The molecule has 21 heavy (non-hydrogen) atoms. The molecule has 0 aliphatic carbocycles. The van der Waals surface area contributed by atoms with E-state index in [4.69, 9.17) is 28.9 Å². The van der Waals surface area contributed by atoms with E-state index in [1.165, 1.54) is 0 Å². The van der Waals surface area contributed by atoms with Crippen molar-refractivity contribution in [3.63, 3.8) is 0 Å². The first-order valence-electron chi connectivity index (χ1n) is 6.73. The minimum atomic E-state index is 0.543. The number of hydrogen-bond acceptors (Lipinski definition) is 2. The zero-order valence-electron chi connectivity index (χ0n) is 11.6. The molecule has 0 aliphatic heterocycles. The Morgan fingerprint density at radius 2 is 2.00 bits per heavy atom. The summed E-state index contributed by atoms with van der Waals surface area (Å²) in [5, 5.41) is 1.23. The highest BCUT2D eigenvalue weighted by Crippen LogP contribution is 2.33. The third-order valence-electron chi connectivity index (χ3n) is 3.41. The number of halogens is 2. The van der Waals surface area contributed by atoms with Gasteiger partial charge in [0.1, 0.15) is 5.65 Å². The molecule has 0 spiro atoms. The van der Waals surface area contributed by atoms with Crippen molar-refractivity contribution in [2.45, 2.75) is 13.3 Å². The lowest BCUT2D eigenvalue weighted by atomic mass is 10.1. The van der Waals surface area contributed by atoms with E-state index in [-0.39, 0.29) is 0 Å². The number of aromatic nitrogens is 2. The summed E-state index contributed by atoms with van der Waals surface area (Å²) in [6.07, 6.45) is 2.76. The van der Waals surface area contributed by atoms with Crippen LogP contribution in [0.15, 0.2) is 36.5 Å². The molecule has 3 nitrogen and oxygen atoms in total. The van der Waals surface area contributed by atoms with Crippen LogP contribution in [0.4, 0.5) is 0 Å². The number of pyridine rings is 1. The number of imidazole rings is 1. The molecule has 0 unspecified atom stereocenters. The van der Waals surface area contributed by atoms with Gasteiger partial charge in [0.05, 0.1) is 16.4 Å². The molecule has 3 aromatic rings. The van der Waals surface area contributed by atoms with Crippen LogP contribution >= 0.6 is 23.2 Å². The Hall–Kier alpha value is -1.55. The van der Waals surface area contributed by atoms with E-state index in [1.54, 1.807) is 6.07 Å². The lowest BCUT2D eigenvalue weighted by Gasteiger charge is -2.08. The van der Waals surface area contributed by atoms with E-state index in [0.717, 1.165) is 28.2 Å². The van der Waals surface area contributed by atoms with Gasteiger partial charge in [0.15, 0.2) is 0 Å². The highest BCUT2D eigenvalue weighted by Gasteiger charge is 2.16. The van der Waals surface area contributed by atoms with Crippen molar-refractivity contribution in [3.8, 4) is 11.3 Å². The minimum absolute atomic E-state index is 0.543. The van der Waals surface area contributed by atoms with Gasteiger partial charge >= 0.3 is 0 Å². The van der Waals surface area contributed by atoms with Crippen LogP contribution in [0.5, 0.6) is 0 Å². The van der Waals surface area contributed by atoms with E-state index >= 15 is 0 Å². The van der Waals surface area contributed by atoms with Crippen LogP contribution in [-0.4, -0.2) is 15.9 Å². The maximum atomic E-state index is 6.38. The number of fused-ring (bicyclic) bond motifs is 1. The fourth-order valence-electron chi connectivity index (χ4n) is 2.48. The quantitative estimate of drug-likeness (QED) is 0.789. The summed E-state index contributed by atoms with van der Waals surface area (Å²) < 4.78 is 2.06. The molecule has 0 radical (unpaired) electrons. The third kappa shape index (κ3) is 2.64. The number of aryl methyl sites for hydroxylation is 1. The first kappa shape index (κ1) is 14.4. The van der Waals surface area contributed by atoms with Crippen molar-refractivity contribution in [3.05, 3.63) is 57.8 Å². The Balaban J connectivity index is 2.32. The number of nitrogens with zero attached hydrogens (tertiary/aromatic N) is 2. The summed E-state index contributed by atoms with van der Waals surface area (Å²) in [7, 11) is 0. The molecule has 0 saturated heterocycles. The molecule has 108 valence electrons. The Morgan fingerprint density at radius 3 is 2.71 bits per heavy atom. The Labute approximate surface area is 133 Å². The highest BCUT2D eigenvalue weighted by molar-refractivity contribution is 6.36. The fourth-order valence-corrected chi connectivity index (χ4v) is 2.98. The van der Waals surface area contributed by atoms with E-state index < -0.39 is 0 Å². The standard InChI is InChI=1S/C16H15Cl2N3/c1-10-2-5-15-20-14(6-7-19)16(21(15)9-10)12-4-3-11(17)8-13(12)18/h2-5,8-9H,6-7,19H2,1H3. The Morgan fingerprint density at radius 1 is 1.19 bits per heavy atom. The second kappa shape index (κ2) is 5.68. The van der Waals surface area contributed by atoms with Crippen molar-refractivity contribution in [2.75, 3.05) is 6.54 Å². The highest BCUT2D eigenvalue weighted by atomic mass is 35.5. The average Bonchev–Trinajstić information content (AvgIpc) is 2.77. The van der Waals surface area contributed by atoms with Crippen molar-refractivity contribution >= 4 is 28.8 Å². The first-order chi connectivity index (χ1) is 10.1. The van der Waals surface area contributed by atoms with Gasteiger partial charge in [-0.3, -0.25) is 4.40 Å². The third-order valence-corrected chi connectivity index (χ3v) is 3.95. The predicted octanol–water partition coefficient (Wildman–Crippen LogP) is 4.12. The smallest absolute Gasteiger partial charge is 0.137 e. The van der Waals surface area contributed by atoms with Gasteiger partial charge < -0.3 is 5.73 Å². The molecule has 2 heterocycles. The number of hydrogen-bond donors (Lipinski definition) is 1. The lowest BCUT2D eigenvalue weighted by molar-refractivity contribution is 0.939. The SMILES string of the molecule is Cc1ccc2nc(CCN)c(-c3ccc(Cl)cc3Cl)n2c1. The molecule has 0 amide bonds. The largest absolute Gasteiger partial charge is 0.330 e. The summed E-state index contributed by atoms with van der Waals surface area (Å²) in [5.74, 6) is 0. The lowest BCUT2D eigenvalue weighted by Crippen LogP contribution is -2.04. The predicted molar refractivity (Wildman–Crippen MR) is 88.1 cm³/mol. The van der Waals surface area contributed by atoms with Crippen LogP contribution in [0.1, 0.15) is 11.3 Å².